The highest BCUT2D eigenvalue weighted by atomic mass is 35.5. The van der Waals surface area contributed by atoms with Crippen molar-refractivity contribution in [3.05, 3.63) is 75.6 Å². The lowest BCUT2D eigenvalue weighted by Gasteiger charge is -2.22. The van der Waals surface area contributed by atoms with E-state index in [0.717, 1.165) is 55.1 Å². The Hall–Kier alpha value is -1.90. The summed E-state index contributed by atoms with van der Waals surface area (Å²) in [5.74, 6) is 0. The fourth-order valence-corrected chi connectivity index (χ4v) is 4.00. The predicted octanol–water partition coefficient (Wildman–Crippen LogP) is 4.66. The minimum atomic E-state index is 0.814. The van der Waals surface area contributed by atoms with Crippen LogP contribution in [0, 0.1) is 0 Å². The van der Waals surface area contributed by atoms with E-state index in [1.807, 2.05) is 18.3 Å². The number of aryl methyl sites for hydroxylation is 2. The third-order valence-electron chi connectivity index (χ3n) is 5.02. The van der Waals surface area contributed by atoms with Gasteiger partial charge in [-0.3, -0.25) is 4.98 Å². The molecule has 0 bridgehead atoms. The molecular formula is C21H21ClN2. The van der Waals surface area contributed by atoms with E-state index in [1.54, 1.807) is 0 Å². The lowest BCUT2D eigenvalue weighted by Crippen LogP contribution is -2.24. The zero-order valence-corrected chi connectivity index (χ0v) is 14.5. The van der Waals surface area contributed by atoms with E-state index in [4.69, 9.17) is 16.6 Å². The van der Waals surface area contributed by atoms with Crippen LogP contribution >= 0.6 is 11.6 Å². The Morgan fingerprint density at radius 1 is 1.04 bits per heavy atom. The molecule has 24 heavy (non-hydrogen) atoms. The van der Waals surface area contributed by atoms with Crippen molar-refractivity contribution in [1.82, 2.24) is 10.3 Å². The van der Waals surface area contributed by atoms with Gasteiger partial charge in [-0.1, -0.05) is 35.9 Å². The van der Waals surface area contributed by atoms with Crippen LogP contribution in [0.1, 0.15) is 40.8 Å². The van der Waals surface area contributed by atoms with Crippen LogP contribution in [0.25, 0.3) is 11.6 Å². The molecule has 0 spiro atoms. The first-order valence-corrected chi connectivity index (χ1v) is 8.97. The van der Waals surface area contributed by atoms with Crippen LogP contribution in [-0.4, -0.2) is 18.1 Å². The van der Waals surface area contributed by atoms with E-state index in [9.17, 15) is 0 Å². The molecule has 4 rings (SSSR count). The quantitative estimate of drug-likeness (QED) is 0.819. The number of aromatic nitrogens is 1. The summed E-state index contributed by atoms with van der Waals surface area (Å²) in [6.45, 7) is 5.97. The van der Waals surface area contributed by atoms with Crippen molar-refractivity contribution in [2.75, 3.05) is 13.1 Å². The van der Waals surface area contributed by atoms with Crippen LogP contribution in [-0.2, 0) is 12.8 Å². The molecule has 0 atom stereocenters. The van der Waals surface area contributed by atoms with Gasteiger partial charge in [-0.2, -0.15) is 0 Å². The standard InChI is InChI=1S/C21H21ClN2/c1-2-14-11-17-4-3-16-12-18(22)5-6-19(16)20(21(17)24-13-14)15-7-9-23-10-8-15/h2,5-6,11-13,23H,1,3-4,7-10H2. The molecule has 1 aliphatic carbocycles. The van der Waals surface area contributed by atoms with Gasteiger partial charge in [-0.05, 0) is 79.2 Å². The second kappa shape index (κ2) is 6.54. The first kappa shape index (κ1) is 15.6. The molecule has 1 aromatic carbocycles. The van der Waals surface area contributed by atoms with Crippen molar-refractivity contribution in [2.24, 2.45) is 0 Å². The molecule has 0 saturated carbocycles. The van der Waals surface area contributed by atoms with Gasteiger partial charge in [0.05, 0.1) is 5.69 Å². The van der Waals surface area contributed by atoms with Gasteiger partial charge < -0.3 is 5.32 Å². The first-order valence-electron chi connectivity index (χ1n) is 8.59. The molecule has 1 fully saturated rings. The zero-order chi connectivity index (χ0) is 16.5. The highest BCUT2D eigenvalue weighted by molar-refractivity contribution is 6.30. The largest absolute Gasteiger partial charge is 0.316 e. The Bertz CT molecular complexity index is 828. The van der Waals surface area contributed by atoms with Crippen molar-refractivity contribution >= 4 is 23.3 Å². The van der Waals surface area contributed by atoms with Gasteiger partial charge in [-0.15, -0.1) is 0 Å². The third kappa shape index (κ3) is 2.81. The summed E-state index contributed by atoms with van der Waals surface area (Å²) in [5, 5.41) is 4.27. The second-order valence-electron chi connectivity index (χ2n) is 6.51. The minimum absolute atomic E-state index is 0.814. The summed E-state index contributed by atoms with van der Waals surface area (Å²) in [6.07, 6.45) is 7.98. The number of hydrogen-bond acceptors (Lipinski definition) is 2. The number of benzene rings is 1. The summed E-state index contributed by atoms with van der Waals surface area (Å²) in [6, 6.07) is 8.55. The Morgan fingerprint density at radius 3 is 2.62 bits per heavy atom. The van der Waals surface area contributed by atoms with Crippen molar-refractivity contribution < 1.29 is 0 Å². The predicted molar refractivity (Wildman–Crippen MR) is 101 cm³/mol. The highest BCUT2D eigenvalue weighted by Gasteiger charge is 2.23. The molecule has 1 aromatic heterocycles. The van der Waals surface area contributed by atoms with E-state index in [1.165, 1.54) is 27.8 Å². The number of fused-ring (bicyclic) bond motifs is 2. The molecule has 0 unspecified atom stereocenters. The molecule has 0 amide bonds. The molecular weight excluding hydrogens is 316 g/mol. The van der Waals surface area contributed by atoms with Crippen molar-refractivity contribution in [1.29, 1.82) is 0 Å². The minimum Gasteiger partial charge on any atom is -0.316 e. The van der Waals surface area contributed by atoms with Crippen molar-refractivity contribution in [3.8, 4) is 0 Å². The molecule has 2 nitrogen and oxygen atoms in total. The summed E-state index contributed by atoms with van der Waals surface area (Å²) < 4.78 is 0. The van der Waals surface area contributed by atoms with Crippen LogP contribution < -0.4 is 5.32 Å². The van der Waals surface area contributed by atoms with E-state index in [-0.39, 0.29) is 0 Å². The van der Waals surface area contributed by atoms with Crippen molar-refractivity contribution in [2.45, 2.75) is 25.7 Å². The van der Waals surface area contributed by atoms with E-state index in [0.29, 0.717) is 0 Å². The maximum atomic E-state index is 6.27. The first-order chi connectivity index (χ1) is 11.8. The van der Waals surface area contributed by atoms with Crippen molar-refractivity contribution in [3.63, 3.8) is 0 Å². The van der Waals surface area contributed by atoms with E-state index >= 15 is 0 Å². The zero-order valence-electron chi connectivity index (χ0n) is 13.7. The van der Waals surface area contributed by atoms with Gasteiger partial charge in [0, 0.05) is 16.8 Å². The molecule has 2 aliphatic rings. The van der Waals surface area contributed by atoms with E-state index in [2.05, 4.69) is 30.1 Å². The Labute approximate surface area is 148 Å². The Morgan fingerprint density at radius 2 is 1.83 bits per heavy atom. The maximum Gasteiger partial charge on any atom is 0.0740 e. The lowest BCUT2D eigenvalue weighted by molar-refractivity contribution is 0.611. The van der Waals surface area contributed by atoms with Crippen LogP contribution in [0.2, 0.25) is 5.02 Å². The smallest absolute Gasteiger partial charge is 0.0740 e. The molecule has 122 valence electrons. The van der Waals surface area contributed by atoms with Gasteiger partial charge in [0.2, 0.25) is 0 Å². The molecule has 2 aromatic rings. The summed E-state index contributed by atoms with van der Waals surface area (Å²) in [5.41, 5.74) is 9.06. The van der Waals surface area contributed by atoms with Crippen LogP contribution in [0.4, 0.5) is 0 Å². The Kier molecular flexibility index (Phi) is 4.26. The number of rotatable bonds is 1. The van der Waals surface area contributed by atoms with Crippen LogP contribution in [0.15, 0.2) is 42.6 Å². The fourth-order valence-electron chi connectivity index (χ4n) is 3.80. The van der Waals surface area contributed by atoms with Gasteiger partial charge in [0.15, 0.2) is 0 Å². The number of pyridine rings is 1. The topological polar surface area (TPSA) is 24.9 Å². The van der Waals surface area contributed by atoms with Crippen LogP contribution in [0.5, 0.6) is 0 Å². The Balaban J connectivity index is 1.97. The van der Waals surface area contributed by atoms with Crippen LogP contribution in [0.3, 0.4) is 0 Å². The summed E-state index contributed by atoms with van der Waals surface area (Å²) in [4.78, 5) is 4.85. The number of nitrogens with zero attached hydrogens (tertiary/aromatic N) is 1. The molecule has 2 heterocycles. The summed E-state index contributed by atoms with van der Waals surface area (Å²) in [7, 11) is 0. The summed E-state index contributed by atoms with van der Waals surface area (Å²) >= 11 is 6.27. The lowest BCUT2D eigenvalue weighted by atomic mass is 9.89. The van der Waals surface area contributed by atoms with E-state index < -0.39 is 0 Å². The number of halogens is 1. The maximum absolute atomic E-state index is 6.27. The number of hydrogen-bond donors (Lipinski definition) is 1. The molecule has 1 N–H and O–H groups in total. The molecule has 1 aliphatic heterocycles. The molecule has 0 radical (unpaired) electrons. The van der Waals surface area contributed by atoms with Gasteiger partial charge in [0.1, 0.15) is 0 Å². The highest BCUT2D eigenvalue weighted by Crippen LogP contribution is 2.38. The van der Waals surface area contributed by atoms with Gasteiger partial charge in [0.25, 0.3) is 0 Å². The SMILES string of the molecule is C=Cc1cnc2c(c1)CCc1cc(Cl)ccc1C2=C1CCNCC1. The second-order valence-corrected chi connectivity index (χ2v) is 6.95. The fraction of sp³-hybridized carbons (Fsp3) is 0.286. The normalized spacial score (nSPS) is 17.0. The average Bonchev–Trinajstić information content (AvgIpc) is 2.78. The molecule has 3 heteroatoms. The van der Waals surface area contributed by atoms with Gasteiger partial charge in [-0.25, -0.2) is 0 Å². The average molecular weight is 337 g/mol. The van der Waals surface area contributed by atoms with Gasteiger partial charge >= 0.3 is 0 Å². The monoisotopic (exact) mass is 336 g/mol. The third-order valence-corrected chi connectivity index (χ3v) is 5.26. The molecule has 1 saturated heterocycles. The number of nitrogens with one attached hydrogen (secondary N) is 1. The number of piperidine rings is 1.